The monoisotopic (exact) mass is 322 g/mol. The van der Waals surface area contributed by atoms with Crippen LogP contribution in [0.3, 0.4) is 0 Å². The van der Waals surface area contributed by atoms with Gasteiger partial charge in [0, 0.05) is 10.2 Å². The van der Waals surface area contributed by atoms with Crippen LogP contribution in [-0.2, 0) is 11.2 Å². The van der Waals surface area contributed by atoms with Crippen molar-refractivity contribution < 1.29 is 9.18 Å². The normalized spacial score (nSPS) is 10.2. The number of hydrogen-bond acceptors (Lipinski definition) is 2. The van der Waals surface area contributed by atoms with Gasteiger partial charge in [0.1, 0.15) is 5.82 Å². The Labute approximate surface area is 118 Å². The number of nitrogen functional groups attached to an aromatic ring is 1. The highest BCUT2D eigenvalue weighted by molar-refractivity contribution is 9.10. The van der Waals surface area contributed by atoms with E-state index in [4.69, 9.17) is 5.73 Å². The summed E-state index contributed by atoms with van der Waals surface area (Å²) in [5.41, 5.74) is 7.16. The number of nitrogens with one attached hydrogen (secondary N) is 1. The summed E-state index contributed by atoms with van der Waals surface area (Å²) in [6.07, 6.45) is 0.105. The van der Waals surface area contributed by atoms with Crippen LogP contribution in [0, 0.1) is 5.82 Å². The summed E-state index contributed by atoms with van der Waals surface area (Å²) in [4.78, 5) is 11.9. The Kier molecular flexibility index (Phi) is 4.16. The number of carbonyl (C=O) groups excluding carboxylic acids is 1. The van der Waals surface area contributed by atoms with E-state index in [1.54, 1.807) is 36.4 Å². The predicted molar refractivity (Wildman–Crippen MR) is 77.3 cm³/mol. The van der Waals surface area contributed by atoms with Gasteiger partial charge in [0.15, 0.2) is 0 Å². The van der Waals surface area contributed by atoms with E-state index in [1.165, 1.54) is 6.07 Å². The van der Waals surface area contributed by atoms with Crippen molar-refractivity contribution in [1.29, 1.82) is 0 Å². The molecule has 0 spiro atoms. The van der Waals surface area contributed by atoms with Crippen molar-refractivity contribution in [3.05, 3.63) is 58.3 Å². The summed E-state index contributed by atoms with van der Waals surface area (Å²) < 4.78 is 14.1. The predicted octanol–water partition coefficient (Wildman–Crippen LogP) is 3.35. The lowest BCUT2D eigenvalue weighted by molar-refractivity contribution is -0.115. The van der Waals surface area contributed by atoms with Crippen LogP contribution in [-0.4, -0.2) is 5.91 Å². The van der Waals surface area contributed by atoms with Crippen LogP contribution in [0.2, 0.25) is 0 Å². The van der Waals surface area contributed by atoms with Crippen LogP contribution in [0.1, 0.15) is 5.56 Å². The third-order valence-electron chi connectivity index (χ3n) is 2.63. The Bertz CT molecular complexity index is 596. The molecule has 0 aliphatic carbocycles. The third kappa shape index (κ3) is 3.32. The molecule has 0 bridgehead atoms. The summed E-state index contributed by atoms with van der Waals surface area (Å²) in [5, 5.41) is 2.54. The van der Waals surface area contributed by atoms with Gasteiger partial charge in [-0.25, -0.2) is 4.39 Å². The third-order valence-corrected chi connectivity index (χ3v) is 3.29. The van der Waals surface area contributed by atoms with Gasteiger partial charge in [-0.3, -0.25) is 4.79 Å². The Morgan fingerprint density at radius 2 is 1.95 bits per heavy atom. The Hall–Kier alpha value is -1.88. The molecule has 0 saturated heterocycles. The molecule has 0 aromatic heterocycles. The van der Waals surface area contributed by atoms with Crippen molar-refractivity contribution >= 4 is 33.2 Å². The average Bonchev–Trinajstić information content (AvgIpc) is 2.37. The van der Waals surface area contributed by atoms with Crippen LogP contribution in [0.25, 0.3) is 0 Å². The van der Waals surface area contributed by atoms with Crippen LogP contribution >= 0.6 is 15.9 Å². The highest BCUT2D eigenvalue weighted by Crippen LogP contribution is 2.25. The minimum atomic E-state index is -0.483. The molecule has 0 aliphatic rings. The van der Waals surface area contributed by atoms with Gasteiger partial charge in [0.2, 0.25) is 5.91 Å². The summed E-state index contributed by atoms with van der Waals surface area (Å²) in [5.74, 6) is -0.799. The molecule has 1 amide bonds. The van der Waals surface area contributed by atoms with Gasteiger partial charge >= 0.3 is 0 Å². The van der Waals surface area contributed by atoms with Crippen LogP contribution < -0.4 is 11.1 Å². The van der Waals surface area contributed by atoms with Crippen molar-refractivity contribution in [2.45, 2.75) is 6.42 Å². The maximum absolute atomic E-state index is 13.6. The SMILES string of the molecule is Nc1ccccc1CC(=O)Nc1c(F)cccc1Br. The van der Waals surface area contributed by atoms with E-state index < -0.39 is 5.82 Å². The Balaban J connectivity index is 2.12. The number of anilines is 2. The van der Waals surface area contributed by atoms with Crippen LogP contribution in [0.4, 0.5) is 15.8 Å². The highest BCUT2D eigenvalue weighted by atomic mass is 79.9. The number of carbonyl (C=O) groups is 1. The first kappa shape index (κ1) is 13.5. The largest absolute Gasteiger partial charge is 0.398 e. The lowest BCUT2D eigenvalue weighted by Crippen LogP contribution is -2.16. The summed E-state index contributed by atoms with van der Waals surface area (Å²) in [7, 11) is 0. The topological polar surface area (TPSA) is 55.1 Å². The van der Waals surface area contributed by atoms with Gasteiger partial charge in [-0.15, -0.1) is 0 Å². The molecule has 98 valence electrons. The van der Waals surface area contributed by atoms with Gasteiger partial charge in [0.25, 0.3) is 0 Å². The molecule has 0 saturated carbocycles. The molecule has 0 heterocycles. The van der Waals surface area contributed by atoms with E-state index in [-0.39, 0.29) is 18.0 Å². The first-order chi connectivity index (χ1) is 9.08. The maximum atomic E-state index is 13.6. The molecule has 0 radical (unpaired) electrons. The summed E-state index contributed by atoms with van der Waals surface area (Å²) >= 11 is 3.20. The molecule has 2 aromatic rings. The minimum Gasteiger partial charge on any atom is -0.398 e. The highest BCUT2D eigenvalue weighted by Gasteiger charge is 2.11. The van der Waals surface area contributed by atoms with E-state index in [0.29, 0.717) is 15.7 Å². The van der Waals surface area contributed by atoms with Crippen molar-refractivity contribution in [2.75, 3.05) is 11.1 Å². The number of nitrogens with two attached hydrogens (primary N) is 1. The minimum absolute atomic E-state index is 0.105. The van der Waals surface area contributed by atoms with Gasteiger partial charge in [0.05, 0.1) is 12.1 Å². The molecule has 3 nitrogen and oxygen atoms in total. The molecule has 0 atom stereocenters. The maximum Gasteiger partial charge on any atom is 0.228 e. The standard InChI is InChI=1S/C14H12BrFN2O/c15-10-5-3-6-11(16)14(10)18-13(19)8-9-4-1-2-7-12(9)17/h1-7H,8,17H2,(H,18,19). The van der Waals surface area contributed by atoms with E-state index in [9.17, 15) is 9.18 Å². The van der Waals surface area contributed by atoms with Crippen molar-refractivity contribution in [1.82, 2.24) is 0 Å². The fourth-order valence-electron chi connectivity index (χ4n) is 1.67. The molecule has 5 heteroatoms. The zero-order valence-corrected chi connectivity index (χ0v) is 11.6. The number of amides is 1. The molecule has 2 rings (SSSR count). The Morgan fingerprint density at radius 3 is 2.63 bits per heavy atom. The lowest BCUT2D eigenvalue weighted by Gasteiger charge is -2.09. The molecular formula is C14H12BrFN2O. The van der Waals surface area contributed by atoms with E-state index in [0.717, 1.165) is 0 Å². The van der Waals surface area contributed by atoms with E-state index in [1.807, 2.05) is 0 Å². The Morgan fingerprint density at radius 1 is 1.21 bits per heavy atom. The first-order valence-corrected chi connectivity index (χ1v) is 6.44. The second-order valence-corrected chi connectivity index (χ2v) is 4.87. The fraction of sp³-hybridized carbons (Fsp3) is 0.0714. The molecule has 0 fully saturated rings. The van der Waals surface area contributed by atoms with Crippen LogP contribution in [0.5, 0.6) is 0 Å². The molecule has 0 aliphatic heterocycles. The van der Waals surface area contributed by atoms with Crippen molar-refractivity contribution in [3.8, 4) is 0 Å². The van der Waals surface area contributed by atoms with Gasteiger partial charge < -0.3 is 11.1 Å². The molecule has 2 aromatic carbocycles. The second kappa shape index (κ2) is 5.84. The quantitative estimate of drug-likeness (QED) is 0.851. The summed E-state index contributed by atoms with van der Waals surface area (Å²) in [6.45, 7) is 0. The molecular weight excluding hydrogens is 311 g/mol. The first-order valence-electron chi connectivity index (χ1n) is 5.65. The number of rotatable bonds is 3. The van der Waals surface area contributed by atoms with Gasteiger partial charge in [-0.2, -0.15) is 0 Å². The number of halogens is 2. The van der Waals surface area contributed by atoms with Crippen LogP contribution in [0.15, 0.2) is 46.9 Å². The lowest BCUT2D eigenvalue weighted by atomic mass is 10.1. The number of para-hydroxylation sites is 2. The average molecular weight is 323 g/mol. The molecule has 0 unspecified atom stereocenters. The van der Waals surface area contributed by atoms with Crippen molar-refractivity contribution in [2.24, 2.45) is 0 Å². The van der Waals surface area contributed by atoms with Crippen molar-refractivity contribution in [3.63, 3.8) is 0 Å². The van der Waals surface area contributed by atoms with E-state index >= 15 is 0 Å². The second-order valence-electron chi connectivity index (χ2n) is 4.02. The smallest absolute Gasteiger partial charge is 0.228 e. The number of hydrogen-bond donors (Lipinski definition) is 2. The van der Waals surface area contributed by atoms with E-state index in [2.05, 4.69) is 21.2 Å². The van der Waals surface area contributed by atoms with Gasteiger partial charge in [-0.05, 0) is 39.7 Å². The van der Waals surface area contributed by atoms with Gasteiger partial charge in [-0.1, -0.05) is 24.3 Å². The zero-order chi connectivity index (χ0) is 13.8. The summed E-state index contributed by atoms with van der Waals surface area (Å²) in [6, 6.07) is 11.6. The molecule has 19 heavy (non-hydrogen) atoms. The number of benzene rings is 2. The molecule has 3 N–H and O–H groups in total. The zero-order valence-electron chi connectivity index (χ0n) is 9.99. The fourth-order valence-corrected chi connectivity index (χ4v) is 2.11.